The first-order valence-corrected chi connectivity index (χ1v) is 6.84. The minimum absolute atomic E-state index is 0.0551. The van der Waals surface area contributed by atoms with E-state index < -0.39 is 5.97 Å². The van der Waals surface area contributed by atoms with Crippen LogP contribution in [0.1, 0.15) is 16.1 Å². The van der Waals surface area contributed by atoms with Crippen LogP contribution in [0.5, 0.6) is 11.5 Å². The number of carboxylic acids is 1. The van der Waals surface area contributed by atoms with Gasteiger partial charge in [0.05, 0.1) is 0 Å². The van der Waals surface area contributed by atoms with Crippen molar-refractivity contribution in [2.75, 3.05) is 6.26 Å². The third-order valence-corrected chi connectivity index (χ3v) is 3.26. The van der Waals surface area contributed by atoms with E-state index in [2.05, 4.69) is 4.98 Å². The summed E-state index contributed by atoms with van der Waals surface area (Å²) in [7, 11) is 0. The largest absolute Gasteiger partial charge is 0.477 e. The van der Waals surface area contributed by atoms with Gasteiger partial charge in [-0.1, -0.05) is 0 Å². The zero-order valence-corrected chi connectivity index (χ0v) is 11.4. The fraction of sp³-hybridized carbons (Fsp3) is 0.143. The van der Waals surface area contributed by atoms with Gasteiger partial charge in [-0.05, 0) is 37.4 Å². The molecule has 1 aromatic heterocycles. The molecule has 0 aliphatic heterocycles. The van der Waals surface area contributed by atoms with Gasteiger partial charge in [-0.2, -0.15) is 0 Å². The Hall–Kier alpha value is -2.01. The number of thioether (sulfide) groups is 1. The number of aromatic nitrogens is 1. The van der Waals surface area contributed by atoms with Gasteiger partial charge >= 0.3 is 5.97 Å². The molecule has 0 atom stereocenters. The zero-order valence-electron chi connectivity index (χ0n) is 10.6. The lowest BCUT2D eigenvalue weighted by atomic mass is 10.2. The van der Waals surface area contributed by atoms with Crippen LogP contribution in [0.4, 0.5) is 0 Å². The molecule has 0 unspecified atom stereocenters. The first kappa shape index (κ1) is 13.4. The van der Waals surface area contributed by atoms with Crippen molar-refractivity contribution in [3.63, 3.8) is 0 Å². The van der Waals surface area contributed by atoms with Gasteiger partial charge in [0, 0.05) is 22.9 Å². The molecule has 1 heterocycles. The fourth-order valence-corrected chi connectivity index (χ4v) is 1.96. The Balaban J connectivity index is 2.31. The third kappa shape index (κ3) is 3.26. The molecule has 0 amide bonds. The molecule has 2 aromatic rings. The van der Waals surface area contributed by atoms with Crippen molar-refractivity contribution in [3.05, 3.63) is 47.8 Å². The molecule has 0 bridgehead atoms. The summed E-state index contributed by atoms with van der Waals surface area (Å²) in [6, 6.07) is 9.09. The standard InChI is InChI=1S/C14H13NO3S/c1-9-7-13(12(8-15-9)14(16)17)18-10-3-5-11(19-2)6-4-10/h3-8H,1-2H3,(H,16,17). The van der Waals surface area contributed by atoms with E-state index in [0.717, 1.165) is 4.90 Å². The molecule has 0 radical (unpaired) electrons. The molecular weight excluding hydrogens is 262 g/mol. The molecule has 0 saturated carbocycles. The maximum Gasteiger partial charge on any atom is 0.341 e. The summed E-state index contributed by atoms with van der Waals surface area (Å²) in [5, 5.41) is 9.09. The summed E-state index contributed by atoms with van der Waals surface area (Å²) in [6.45, 7) is 1.79. The molecular formula is C14H13NO3S. The minimum Gasteiger partial charge on any atom is -0.477 e. The number of carbonyl (C=O) groups is 1. The Kier molecular flexibility index (Phi) is 4.06. The van der Waals surface area contributed by atoms with Gasteiger partial charge in [-0.25, -0.2) is 4.79 Å². The Morgan fingerprint density at radius 2 is 2.00 bits per heavy atom. The molecule has 1 N–H and O–H groups in total. The highest BCUT2D eigenvalue weighted by Crippen LogP contribution is 2.27. The van der Waals surface area contributed by atoms with Gasteiger partial charge in [0.1, 0.15) is 17.1 Å². The molecule has 2 rings (SSSR count). The third-order valence-electron chi connectivity index (χ3n) is 2.52. The molecule has 0 spiro atoms. The van der Waals surface area contributed by atoms with Crippen molar-refractivity contribution in [2.24, 2.45) is 0 Å². The average molecular weight is 275 g/mol. The van der Waals surface area contributed by atoms with Crippen molar-refractivity contribution >= 4 is 17.7 Å². The lowest BCUT2D eigenvalue weighted by molar-refractivity contribution is 0.0693. The van der Waals surface area contributed by atoms with Crippen LogP contribution in [0.25, 0.3) is 0 Å². The summed E-state index contributed by atoms with van der Waals surface area (Å²) >= 11 is 1.63. The predicted molar refractivity (Wildman–Crippen MR) is 74.2 cm³/mol. The second-order valence-corrected chi connectivity index (χ2v) is 4.78. The van der Waals surface area contributed by atoms with Gasteiger partial charge < -0.3 is 9.84 Å². The Labute approximate surface area is 115 Å². The van der Waals surface area contributed by atoms with E-state index in [0.29, 0.717) is 17.2 Å². The minimum atomic E-state index is -1.05. The summed E-state index contributed by atoms with van der Waals surface area (Å²) in [5.74, 6) is -0.147. The van der Waals surface area contributed by atoms with E-state index in [4.69, 9.17) is 9.84 Å². The van der Waals surface area contributed by atoms with Gasteiger partial charge in [0.2, 0.25) is 0 Å². The van der Waals surface area contributed by atoms with Crippen molar-refractivity contribution in [2.45, 2.75) is 11.8 Å². The van der Waals surface area contributed by atoms with Crippen LogP contribution in [0.2, 0.25) is 0 Å². The van der Waals surface area contributed by atoms with Crippen molar-refractivity contribution in [3.8, 4) is 11.5 Å². The lowest BCUT2D eigenvalue weighted by Gasteiger charge is -2.09. The number of aryl methyl sites for hydroxylation is 1. The number of carboxylic acid groups (broad SMARTS) is 1. The molecule has 0 saturated heterocycles. The molecule has 98 valence electrons. The second-order valence-electron chi connectivity index (χ2n) is 3.90. The van der Waals surface area contributed by atoms with E-state index in [9.17, 15) is 4.79 Å². The fourth-order valence-electron chi connectivity index (χ4n) is 1.55. The first-order valence-electron chi connectivity index (χ1n) is 5.62. The van der Waals surface area contributed by atoms with Crippen LogP contribution >= 0.6 is 11.8 Å². The number of aromatic carboxylic acids is 1. The number of rotatable bonds is 4. The van der Waals surface area contributed by atoms with Gasteiger partial charge in [0.25, 0.3) is 0 Å². The summed E-state index contributed by atoms with van der Waals surface area (Å²) in [4.78, 5) is 16.2. The summed E-state index contributed by atoms with van der Waals surface area (Å²) in [5.41, 5.74) is 0.764. The monoisotopic (exact) mass is 275 g/mol. The van der Waals surface area contributed by atoms with Crippen LogP contribution in [-0.4, -0.2) is 22.3 Å². The second kappa shape index (κ2) is 5.75. The molecule has 4 nitrogen and oxygen atoms in total. The first-order chi connectivity index (χ1) is 9.10. The van der Waals surface area contributed by atoms with E-state index in [1.807, 2.05) is 30.5 Å². The highest BCUT2D eigenvalue weighted by Gasteiger charge is 2.13. The van der Waals surface area contributed by atoms with Crippen LogP contribution < -0.4 is 4.74 Å². The molecule has 1 aromatic carbocycles. The van der Waals surface area contributed by atoms with E-state index in [1.165, 1.54) is 6.20 Å². The Morgan fingerprint density at radius 3 is 2.58 bits per heavy atom. The average Bonchev–Trinajstić information content (AvgIpc) is 2.39. The summed E-state index contributed by atoms with van der Waals surface area (Å²) in [6.07, 6.45) is 3.30. The normalized spacial score (nSPS) is 10.2. The number of benzene rings is 1. The summed E-state index contributed by atoms with van der Waals surface area (Å²) < 4.78 is 5.62. The van der Waals surface area contributed by atoms with Crippen LogP contribution in [-0.2, 0) is 0 Å². The maximum absolute atomic E-state index is 11.1. The van der Waals surface area contributed by atoms with E-state index in [1.54, 1.807) is 24.8 Å². The van der Waals surface area contributed by atoms with Crippen molar-refractivity contribution in [1.29, 1.82) is 0 Å². The molecule has 0 fully saturated rings. The van der Waals surface area contributed by atoms with Crippen LogP contribution in [0, 0.1) is 6.92 Å². The number of hydrogen-bond donors (Lipinski definition) is 1. The van der Waals surface area contributed by atoms with Gasteiger partial charge in [-0.15, -0.1) is 11.8 Å². The highest BCUT2D eigenvalue weighted by molar-refractivity contribution is 7.98. The van der Waals surface area contributed by atoms with E-state index >= 15 is 0 Å². The Bertz CT molecular complexity index is 596. The predicted octanol–water partition coefficient (Wildman–Crippen LogP) is 3.60. The van der Waals surface area contributed by atoms with Crippen LogP contribution in [0.3, 0.4) is 0 Å². The highest BCUT2D eigenvalue weighted by atomic mass is 32.2. The smallest absolute Gasteiger partial charge is 0.341 e. The maximum atomic E-state index is 11.1. The van der Waals surface area contributed by atoms with E-state index in [-0.39, 0.29) is 5.56 Å². The molecule has 19 heavy (non-hydrogen) atoms. The van der Waals surface area contributed by atoms with Gasteiger partial charge in [0.15, 0.2) is 0 Å². The zero-order chi connectivity index (χ0) is 13.8. The SMILES string of the molecule is CSc1ccc(Oc2cc(C)ncc2C(=O)O)cc1. The number of nitrogens with zero attached hydrogens (tertiary/aromatic N) is 1. The molecule has 0 aliphatic carbocycles. The lowest BCUT2D eigenvalue weighted by Crippen LogP contribution is -2.01. The quantitative estimate of drug-likeness (QED) is 0.864. The molecule has 0 aliphatic rings. The van der Waals surface area contributed by atoms with Crippen LogP contribution in [0.15, 0.2) is 41.4 Å². The van der Waals surface area contributed by atoms with Crippen molar-refractivity contribution < 1.29 is 14.6 Å². The Morgan fingerprint density at radius 1 is 1.32 bits per heavy atom. The van der Waals surface area contributed by atoms with Gasteiger partial charge in [-0.3, -0.25) is 4.98 Å². The number of ether oxygens (including phenoxy) is 1. The topological polar surface area (TPSA) is 59.4 Å². The number of pyridine rings is 1. The number of hydrogen-bond acceptors (Lipinski definition) is 4. The van der Waals surface area contributed by atoms with Crippen molar-refractivity contribution in [1.82, 2.24) is 4.98 Å². The molecule has 5 heteroatoms.